The zero-order chi connectivity index (χ0) is 14.9. The molecule has 5 nitrogen and oxygen atoms in total. The highest BCUT2D eigenvalue weighted by Crippen LogP contribution is 2.24. The van der Waals surface area contributed by atoms with Gasteiger partial charge in [0.1, 0.15) is 0 Å². The van der Waals surface area contributed by atoms with Gasteiger partial charge in [0.05, 0.1) is 12.2 Å². The van der Waals surface area contributed by atoms with E-state index in [4.69, 9.17) is 0 Å². The predicted molar refractivity (Wildman–Crippen MR) is 79.1 cm³/mol. The van der Waals surface area contributed by atoms with Crippen LogP contribution in [0, 0.1) is 12.8 Å². The summed E-state index contributed by atoms with van der Waals surface area (Å²) in [5.74, 6) is -0.233. The van der Waals surface area contributed by atoms with Crippen molar-refractivity contribution in [1.82, 2.24) is 4.31 Å². The van der Waals surface area contributed by atoms with E-state index < -0.39 is 10.0 Å². The molecule has 0 radical (unpaired) electrons. The van der Waals surface area contributed by atoms with Crippen molar-refractivity contribution in [2.75, 3.05) is 30.8 Å². The quantitative estimate of drug-likeness (QED) is 0.840. The summed E-state index contributed by atoms with van der Waals surface area (Å²) < 4.78 is 24.0. The van der Waals surface area contributed by atoms with Crippen LogP contribution in [-0.4, -0.2) is 44.5 Å². The van der Waals surface area contributed by atoms with Gasteiger partial charge in [-0.2, -0.15) is 0 Å². The van der Waals surface area contributed by atoms with Gasteiger partial charge in [0, 0.05) is 25.3 Å². The van der Waals surface area contributed by atoms with Gasteiger partial charge in [-0.25, -0.2) is 12.7 Å². The number of rotatable bonds is 4. The first-order chi connectivity index (χ1) is 9.32. The normalized spacial score (nSPS) is 16.8. The van der Waals surface area contributed by atoms with E-state index in [9.17, 15) is 13.2 Å². The molecule has 1 aromatic rings. The molecule has 0 N–H and O–H groups in total. The molecule has 1 aliphatic rings. The summed E-state index contributed by atoms with van der Waals surface area (Å²) in [6.07, 6.45) is 1.17. The fourth-order valence-electron chi connectivity index (χ4n) is 2.35. The minimum absolute atomic E-state index is 0.00185. The maximum atomic E-state index is 12.4. The van der Waals surface area contributed by atoms with Crippen LogP contribution < -0.4 is 4.90 Å². The summed E-state index contributed by atoms with van der Waals surface area (Å²) in [6.45, 7) is 5.07. The Kier molecular flexibility index (Phi) is 4.15. The van der Waals surface area contributed by atoms with E-state index in [0.717, 1.165) is 11.3 Å². The van der Waals surface area contributed by atoms with Crippen LogP contribution >= 0.6 is 0 Å². The largest absolute Gasteiger partial charge is 0.312 e. The third kappa shape index (κ3) is 3.02. The molecule has 20 heavy (non-hydrogen) atoms. The van der Waals surface area contributed by atoms with Gasteiger partial charge in [0.25, 0.3) is 0 Å². The number of amides is 1. The third-order valence-electron chi connectivity index (χ3n) is 3.56. The van der Waals surface area contributed by atoms with Crippen molar-refractivity contribution < 1.29 is 13.2 Å². The van der Waals surface area contributed by atoms with E-state index in [1.54, 1.807) is 4.90 Å². The van der Waals surface area contributed by atoms with Crippen LogP contribution in [-0.2, 0) is 14.8 Å². The number of hydrogen-bond acceptors (Lipinski definition) is 3. The van der Waals surface area contributed by atoms with Gasteiger partial charge in [0.2, 0.25) is 15.9 Å². The maximum Gasteiger partial charge on any atom is 0.232 e. The Morgan fingerprint density at radius 1 is 1.40 bits per heavy atom. The lowest BCUT2D eigenvalue weighted by molar-refractivity contribution is -0.125. The summed E-state index contributed by atoms with van der Waals surface area (Å²) >= 11 is 0. The summed E-state index contributed by atoms with van der Waals surface area (Å²) in [5.41, 5.74) is 1.97. The molecule has 0 bridgehead atoms. The molecule has 1 heterocycles. The maximum absolute atomic E-state index is 12.4. The molecule has 0 saturated carbocycles. The van der Waals surface area contributed by atoms with Crippen molar-refractivity contribution in [1.29, 1.82) is 0 Å². The van der Waals surface area contributed by atoms with Crippen LogP contribution in [0.3, 0.4) is 0 Å². The Morgan fingerprint density at radius 3 is 2.55 bits per heavy atom. The van der Waals surface area contributed by atoms with Gasteiger partial charge >= 0.3 is 0 Å². The average Bonchev–Trinajstić information content (AvgIpc) is 2.25. The molecule has 0 aromatic heterocycles. The smallest absolute Gasteiger partial charge is 0.232 e. The van der Waals surface area contributed by atoms with Crippen LogP contribution in [0.2, 0.25) is 0 Å². The first-order valence-electron chi connectivity index (χ1n) is 6.66. The van der Waals surface area contributed by atoms with E-state index in [1.165, 1.54) is 10.6 Å². The highest BCUT2D eigenvalue weighted by atomic mass is 32.2. The molecule has 0 aliphatic carbocycles. The molecule has 1 saturated heterocycles. The number of nitrogens with zero attached hydrogens (tertiary/aromatic N) is 2. The second-order valence-corrected chi connectivity index (χ2v) is 7.18. The molecule has 1 fully saturated rings. The lowest BCUT2D eigenvalue weighted by Crippen LogP contribution is -2.56. The lowest BCUT2D eigenvalue weighted by Gasteiger charge is -2.38. The van der Waals surface area contributed by atoms with Crippen LogP contribution in [0.25, 0.3) is 0 Å². The lowest BCUT2D eigenvalue weighted by atomic mass is 10.0. The van der Waals surface area contributed by atoms with Crippen molar-refractivity contribution in [2.45, 2.75) is 13.8 Å². The van der Waals surface area contributed by atoms with E-state index in [-0.39, 0.29) is 11.8 Å². The molecule has 2 rings (SSSR count). The Hall–Kier alpha value is -1.40. The zero-order valence-electron chi connectivity index (χ0n) is 12.0. The number of aryl methyl sites for hydroxylation is 1. The number of carbonyl (C=O) groups is 1. The second kappa shape index (κ2) is 5.54. The van der Waals surface area contributed by atoms with Crippen LogP contribution in [0.1, 0.15) is 12.5 Å². The van der Waals surface area contributed by atoms with Crippen molar-refractivity contribution >= 4 is 21.6 Å². The number of anilines is 1. The van der Waals surface area contributed by atoms with Gasteiger partial charge in [-0.3, -0.25) is 4.79 Å². The standard InChI is InChI=1S/C14H20N2O3S/c1-4-16(13-7-5-6-11(2)8-13)14(17)12-9-15(10-12)20(3,18)19/h5-8,12H,4,9-10H2,1-3H3. The fourth-order valence-corrected chi connectivity index (χ4v) is 3.25. The second-order valence-electron chi connectivity index (χ2n) is 5.20. The molecule has 6 heteroatoms. The highest BCUT2D eigenvalue weighted by molar-refractivity contribution is 7.88. The molecule has 0 spiro atoms. The molecular weight excluding hydrogens is 276 g/mol. The predicted octanol–water partition coefficient (Wildman–Crippen LogP) is 1.24. The Bertz CT molecular complexity index is 607. The molecule has 0 atom stereocenters. The number of hydrogen-bond donors (Lipinski definition) is 0. The van der Waals surface area contributed by atoms with Gasteiger partial charge in [-0.05, 0) is 31.5 Å². The van der Waals surface area contributed by atoms with Crippen LogP contribution in [0.4, 0.5) is 5.69 Å². The SMILES string of the molecule is CCN(C(=O)C1CN(S(C)(=O)=O)C1)c1cccc(C)c1. The van der Waals surface area contributed by atoms with Crippen molar-refractivity contribution in [2.24, 2.45) is 5.92 Å². The third-order valence-corrected chi connectivity index (χ3v) is 4.80. The molecule has 110 valence electrons. The van der Waals surface area contributed by atoms with E-state index in [1.807, 2.05) is 38.1 Å². The van der Waals surface area contributed by atoms with Crippen molar-refractivity contribution in [3.63, 3.8) is 0 Å². The Labute approximate surface area is 120 Å². The van der Waals surface area contributed by atoms with Crippen LogP contribution in [0.15, 0.2) is 24.3 Å². The Morgan fingerprint density at radius 2 is 2.05 bits per heavy atom. The topological polar surface area (TPSA) is 57.7 Å². The van der Waals surface area contributed by atoms with E-state index >= 15 is 0 Å². The first kappa shape index (κ1) is 15.0. The Balaban J connectivity index is 2.09. The minimum atomic E-state index is -3.17. The first-order valence-corrected chi connectivity index (χ1v) is 8.51. The van der Waals surface area contributed by atoms with Crippen molar-refractivity contribution in [3.05, 3.63) is 29.8 Å². The highest BCUT2D eigenvalue weighted by Gasteiger charge is 2.39. The minimum Gasteiger partial charge on any atom is -0.312 e. The van der Waals surface area contributed by atoms with Gasteiger partial charge in [-0.1, -0.05) is 12.1 Å². The van der Waals surface area contributed by atoms with Gasteiger partial charge in [-0.15, -0.1) is 0 Å². The summed E-state index contributed by atoms with van der Waals surface area (Å²) in [5, 5.41) is 0. The molecule has 0 unspecified atom stereocenters. The molecule has 1 aromatic carbocycles. The molecule has 1 aliphatic heterocycles. The molecular formula is C14H20N2O3S. The summed E-state index contributed by atoms with van der Waals surface area (Å²) in [6, 6.07) is 7.77. The number of sulfonamides is 1. The van der Waals surface area contributed by atoms with Crippen LogP contribution in [0.5, 0.6) is 0 Å². The van der Waals surface area contributed by atoms with Gasteiger partial charge < -0.3 is 4.90 Å². The zero-order valence-corrected chi connectivity index (χ0v) is 12.9. The average molecular weight is 296 g/mol. The van der Waals surface area contributed by atoms with E-state index in [2.05, 4.69) is 0 Å². The summed E-state index contributed by atoms with van der Waals surface area (Å²) in [7, 11) is -3.17. The monoisotopic (exact) mass is 296 g/mol. The van der Waals surface area contributed by atoms with E-state index in [0.29, 0.717) is 19.6 Å². The molecule has 1 amide bonds. The number of benzene rings is 1. The van der Waals surface area contributed by atoms with Crippen molar-refractivity contribution in [3.8, 4) is 0 Å². The van der Waals surface area contributed by atoms with Gasteiger partial charge in [0.15, 0.2) is 0 Å². The fraction of sp³-hybridized carbons (Fsp3) is 0.500. The summed E-state index contributed by atoms with van der Waals surface area (Å²) in [4.78, 5) is 14.2. The number of carbonyl (C=O) groups excluding carboxylic acids is 1.